The van der Waals surface area contributed by atoms with Crippen molar-refractivity contribution in [1.29, 1.82) is 0 Å². The fourth-order valence-electron chi connectivity index (χ4n) is 3.65. The zero-order chi connectivity index (χ0) is 20.2. The number of aryl methyl sites for hydroxylation is 1. The molecule has 4 N–H and O–H groups in total. The monoisotopic (exact) mass is 415 g/mol. The van der Waals surface area contributed by atoms with Gasteiger partial charge in [0.15, 0.2) is 5.52 Å². The largest absolute Gasteiger partial charge is 0.497 e. The van der Waals surface area contributed by atoms with Crippen molar-refractivity contribution in [3.63, 3.8) is 0 Å². The maximum Gasteiger partial charge on any atom is 0.294 e. The first kappa shape index (κ1) is 19.8. The lowest BCUT2D eigenvalue weighted by molar-refractivity contribution is -0.677. The second-order valence-corrected chi connectivity index (χ2v) is 8.20. The van der Waals surface area contributed by atoms with E-state index in [2.05, 4.69) is 19.9 Å². The molecule has 0 bridgehead atoms. The summed E-state index contributed by atoms with van der Waals surface area (Å²) in [5.41, 5.74) is 7.71. The number of hydrogen-bond acceptors (Lipinski definition) is 7. The average Bonchev–Trinajstić information content (AvgIpc) is 3.18. The highest BCUT2D eigenvalue weighted by atomic mass is 32.2. The highest BCUT2D eigenvalue weighted by Gasteiger charge is 2.21. The Balaban J connectivity index is 1.59. The predicted molar refractivity (Wildman–Crippen MR) is 112 cm³/mol. The number of hydrogen-bond donors (Lipinski definition) is 3. The number of nitrogens with one attached hydrogen (secondary N) is 2. The van der Waals surface area contributed by atoms with Crippen molar-refractivity contribution in [2.75, 3.05) is 33.0 Å². The first-order valence-electron chi connectivity index (χ1n) is 9.82. The Bertz CT molecular complexity index is 987. The highest BCUT2D eigenvalue weighted by molar-refractivity contribution is 7.99. The van der Waals surface area contributed by atoms with Crippen LogP contribution in [0.3, 0.4) is 0 Å². The number of imidazole rings is 1. The summed E-state index contributed by atoms with van der Waals surface area (Å²) in [6.45, 7) is 3.10. The fourth-order valence-corrected chi connectivity index (χ4v) is 4.57. The van der Waals surface area contributed by atoms with Crippen molar-refractivity contribution in [2.45, 2.75) is 35.9 Å². The number of methoxy groups -OCH3 is 2. The van der Waals surface area contributed by atoms with Crippen LogP contribution in [0.5, 0.6) is 11.5 Å². The topological polar surface area (TPSA) is 102 Å². The standard InChI is InChI=1S/C20H26N6O2S/c1-27-14-3-4-15(28-2)16(11-14)29-20-24-17-18(21)23-12-26(19(17)25-20)10-7-13-5-8-22-9-6-13/h3-4,11-13,22H,5-10H2,1-2H3,(H2,21,24,25)/p+1. The second-order valence-electron chi connectivity index (χ2n) is 7.16. The van der Waals surface area contributed by atoms with Gasteiger partial charge in [-0.2, -0.15) is 0 Å². The second kappa shape index (κ2) is 8.87. The molecule has 0 unspecified atom stereocenters. The Labute approximate surface area is 174 Å². The number of ether oxygens (including phenoxy) is 2. The average molecular weight is 416 g/mol. The molecular weight excluding hydrogens is 388 g/mol. The van der Waals surface area contributed by atoms with E-state index < -0.39 is 0 Å². The SMILES string of the molecule is COc1ccc(OC)c(Sc2nc3c([nH]2)c(N)nc[n+]3CCC2CCNCC2)c1. The van der Waals surface area contributed by atoms with Gasteiger partial charge < -0.3 is 25.5 Å². The van der Waals surface area contributed by atoms with Crippen LogP contribution in [0, 0.1) is 5.92 Å². The number of rotatable bonds is 7. The molecule has 0 radical (unpaired) electrons. The van der Waals surface area contributed by atoms with E-state index in [0.717, 1.165) is 64.7 Å². The number of nitrogens with zero attached hydrogens (tertiary/aromatic N) is 3. The number of H-pyrrole nitrogens is 1. The van der Waals surface area contributed by atoms with E-state index in [1.807, 2.05) is 18.2 Å². The minimum absolute atomic E-state index is 0.454. The molecule has 0 amide bonds. The van der Waals surface area contributed by atoms with Gasteiger partial charge >= 0.3 is 0 Å². The van der Waals surface area contributed by atoms with Crippen LogP contribution in [0.25, 0.3) is 11.2 Å². The number of piperidine rings is 1. The van der Waals surface area contributed by atoms with E-state index in [9.17, 15) is 0 Å². The molecule has 3 heterocycles. The van der Waals surface area contributed by atoms with Crippen molar-refractivity contribution >= 4 is 28.7 Å². The van der Waals surface area contributed by atoms with Gasteiger partial charge in [-0.1, -0.05) is 9.97 Å². The van der Waals surface area contributed by atoms with Gasteiger partial charge in [0.25, 0.3) is 5.65 Å². The van der Waals surface area contributed by atoms with Gasteiger partial charge in [-0.05, 0) is 68.2 Å². The summed E-state index contributed by atoms with van der Waals surface area (Å²) in [6.07, 6.45) is 5.36. The minimum atomic E-state index is 0.454. The minimum Gasteiger partial charge on any atom is -0.497 e. The Morgan fingerprint density at radius 1 is 1.24 bits per heavy atom. The Kier molecular flexibility index (Phi) is 6.05. The normalized spacial score (nSPS) is 15.0. The molecule has 29 heavy (non-hydrogen) atoms. The summed E-state index contributed by atoms with van der Waals surface area (Å²) in [6, 6.07) is 5.70. The molecule has 9 heteroatoms. The van der Waals surface area contributed by atoms with Crippen molar-refractivity contribution < 1.29 is 14.0 Å². The molecule has 0 atom stereocenters. The highest BCUT2D eigenvalue weighted by Crippen LogP contribution is 2.36. The van der Waals surface area contributed by atoms with E-state index >= 15 is 0 Å². The van der Waals surface area contributed by atoms with Crippen LogP contribution in [-0.4, -0.2) is 42.3 Å². The predicted octanol–water partition coefficient (Wildman–Crippen LogP) is 2.39. The molecule has 1 aromatic carbocycles. The molecule has 8 nitrogen and oxygen atoms in total. The van der Waals surface area contributed by atoms with Crippen LogP contribution >= 0.6 is 11.8 Å². The zero-order valence-electron chi connectivity index (χ0n) is 16.8. The number of nitrogens with two attached hydrogens (primary N) is 1. The van der Waals surface area contributed by atoms with Crippen LogP contribution in [-0.2, 0) is 6.54 Å². The lowest BCUT2D eigenvalue weighted by Crippen LogP contribution is -2.38. The molecule has 0 aliphatic carbocycles. The zero-order valence-corrected chi connectivity index (χ0v) is 17.6. The number of benzene rings is 1. The van der Waals surface area contributed by atoms with Crippen molar-refractivity contribution in [1.82, 2.24) is 20.3 Å². The summed E-state index contributed by atoms with van der Waals surface area (Å²) >= 11 is 1.48. The summed E-state index contributed by atoms with van der Waals surface area (Å²) in [5, 5.41) is 4.16. The van der Waals surface area contributed by atoms with Crippen LogP contribution < -0.4 is 25.1 Å². The Hall–Kier alpha value is -2.52. The molecule has 1 fully saturated rings. The molecule has 1 saturated heterocycles. The summed E-state index contributed by atoms with van der Waals surface area (Å²) < 4.78 is 12.9. The van der Waals surface area contributed by atoms with Crippen molar-refractivity contribution in [3.05, 3.63) is 24.5 Å². The molecule has 1 aliphatic rings. The smallest absolute Gasteiger partial charge is 0.294 e. The number of nitrogen functional groups attached to an aromatic ring is 1. The number of aromatic nitrogens is 4. The maximum absolute atomic E-state index is 6.11. The van der Waals surface area contributed by atoms with Crippen molar-refractivity contribution in [2.24, 2.45) is 5.92 Å². The third kappa shape index (κ3) is 4.40. The molecule has 154 valence electrons. The van der Waals surface area contributed by atoms with Crippen LogP contribution in [0.2, 0.25) is 0 Å². The fraction of sp³-hybridized carbons (Fsp3) is 0.450. The van der Waals surface area contributed by atoms with Gasteiger partial charge in [0.05, 0.1) is 25.7 Å². The molecule has 3 aromatic rings. The summed E-state index contributed by atoms with van der Waals surface area (Å²) in [5.74, 6) is 2.73. The maximum atomic E-state index is 6.11. The third-order valence-corrected chi connectivity index (χ3v) is 6.27. The van der Waals surface area contributed by atoms with Gasteiger partial charge in [-0.15, -0.1) is 0 Å². The first-order valence-corrected chi connectivity index (χ1v) is 10.6. The van der Waals surface area contributed by atoms with E-state index in [-0.39, 0.29) is 0 Å². The van der Waals surface area contributed by atoms with E-state index in [0.29, 0.717) is 5.82 Å². The van der Waals surface area contributed by atoms with Crippen LogP contribution in [0.1, 0.15) is 19.3 Å². The van der Waals surface area contributed by atoms with Gasteiger partial charge in [-0.3, -0.25) is 0 Å². The van der Waals surface area contributed by atoms with Gasteiger partial charge in [0, 0.05) is 0 Å². The molecule has 0 saturated carbocycles. The molecule has 1 aliphatic heterocycles. The van der Waals surface area contributed by atoms with Gasteiger partial charge in [0.2, 0.25) is 17.3 Å². The third-order valence-electron chi connectivity index (χ3n) is 5.34. The lowest BCUT2D eigenvalue weighted by atomic mass is 9.95. The molecule has 0 spiro atoms. The summed E-state index contributed by atoms with van der Waals surface area (Å²) in [7, 11) is 3.30. The first-order chi connectivity index (χ1) is 14.2. The Morgan fingerprint density at radius 3 is 2.83 bits per heavy atom. The molecule has 2 aromatic heterocycles. The van der Waals surface area contributed by atoms with E-state index in [4.69, 9.17) is 20.2 Å². The summed E-state index contributed by atoms with van der Waals surface area (Å²) in [4.78, 5) is 13.4. The van der Waals surface area contributed by atoms with Gasteiger partial charge in [0.1, 0.15) is 11.5 Å². The lowest BCUT2D eigenvalue weighted by Gasteiger charge is -2.21. The van der Waals surface area contributed by atoms with Crippen LogP contribution in [0.15, 0.2) is 34.6 Å². The number of fused-ring (bicyclic) bond motifs is 1. The molecule has 4 rings (SSSR count). The Morgan fingerprint density at radius 2 is 2.07 bits per heavy atom. The molecular formula is C20H27N6O2S+. The van der Waals surface area contributed by atoms with Gasteiger partial charge in [-0.25, -0.2) is 4.57 Å². The van der Waals surface area contributed by atoms with Crippen LogP contribution in [0.4, 0.5) is 5.82 Å². The van der Waals surface area contributed by atoms with E-state index in [1.165, 1.54) is 24.6 Å². The van der Waals surface area contributed by atoms with E-state index in [1.54, 1.807) is 20.5 Å². The number of anilines is 1. The number of aromatic amines is 1. The van der Waals surface area contributed by atoms with Crippen molar-refractivity contribution in [3.8, 4) is 11.5 Å². The quantitative estimate of drug-likeness (QED) is 0.509.